The van der Waals surface area contributed by atoms with Crippen molar-refractivity contribution in [3.63, 3.8) is 0 Å². The molecule has 0 saturated carbocycles. The molecule has 0 atom stereocenters. The van der Waals surface area contributed by atoms with Gasteiger partial charge in [-0.1, -0.05) is 17.7 Å². The maximum absolute atomic E-state index is 11.9. The van der Waals surface area contributed by atoms with Crippen molar-refractivity contribution >= 4 is 23.3 Å². The summed E-state index contributed by atoms with van der Waals surface area (Å²) in [5.41, 5.74) is 2.47. The highest BCUT2D eigenvalue weighted by atomic mass is 35.5. The molecule has 0 aliphatic carbocycles. The van der Waals surface area contributed by atoms with Gasteiger partial charge in [0.2, 0.25) is 0 Å². The molecule has 0 unspecified atom stereocenters. The van der Waals surface area contributed by atoms with Crippen LogP contribution in [0.15, 0.2) is 36.5 Å². The number of aromatic nitrogens is 1. The Morgan fingerprint density at radius 2 is 2.19 bits per heavy atom. The topological polar surface area (TPSA) is 63.2 Å². The zero-order chi connectivity index (χ0) is 15.2. The molecule has 5 nitrogen and oxygen atoms in total. The Labute approximate surface area is 128 Å². The summed E-state index contributed by atoms with van der Waals surface area (Å²) in [6.07, 6.45) is 1.70. The Kier molecular flexibility index (Phi) is 5.00. The number of halogens is 1. The van der Waals surface area contributed by atoms with Gasteiger partial charge < -0.3 is 15.4 Å². The number of nitrogens with one attached hydrogen (secondary N) is 2. The molecule has 0 fully saturated rings. The maximum atomic E-state index is 11.9. The molecular weight excluding hydrogens is 290 g/mol. The number of urea groups is 1. The van der Waals surface area contributed by atoms with E-state index in [4.69, 9.17) is 16.3 Å². The zero-order valence-corrected chi connectivity index (χ0v) is 12.6. The molecule has 2 N–H and O–H groups in total. The van der Waals surface area contributed by atoms with Crippen LogP contribution in [0.5, 0.6) is 5.75 Å². The minimum absolute atomic E-state index is 0.315. The van der Waals surface area contributed by atoms with Gasteiger partial charge in [-0.3, -0.25) is 4.98 Å². The van der Waals surface area contributed by atoms with E-state index in [1.54, 1.807) is 24.4 Å². The first kappa shape index (κ1) is 15.1. The van der Waals surface area contributed by atoms with Crippen LogP contribution in [0.4, 0.5) is 10.5 Å². The molecule has 0 aliphatic rings. The molecule has 2 aromatic rings. The molecule has 0 saturated heterocycles. The Balaban J connectivity index is 1.94. The molecule has 21 heavy (non-hydrogen) atoms. The lowest BCUT2D eigenvalue weighted by Gasteiger charge is -2.10. The molecule has 0 spiro atoms. The monoisotopic (exact) mass is 305 g/mol. The van der Waals surface area contributed by atoms with Crippen LogP contribution in [0, 0.1) is 6.92 Å². The number of nitrogens with zero attached hydrogens (tertiary/aromatic N) is 1. The molecule has 6 heteroatoms. The third-order valence-corrected chi connectivity index (χ3v) is 3.26. The molecule has 2 rings (SSSR count). The molecule has 0 aliphatic heterocycles. The number of pyridine rings is 1. The molecule has 0 bridgehead atoms. The van der Waals surface area contributed by atoms with E-state index in [0.717, 1.165) is 11.3 Å². The first-order chi connectivity index (χ1) is 10.1. The van der Waals surface area contributed by atoms with E-state index in [2.05, 4.69) is 15.6 Å². The van der Waals surface area contributed by atoms with Gasteiger partial charge in [0, 0.05) is 18.0 Å². The van der Waals surface area contributed by atoms with Crippen molar-refractivity contribution in [2.45, 2.75) is 13.5 Å². The average molecular weight is 306 g/mol. The van der Waals surface area contributed by atoms with Crippen molar-refractivity contribution in [1.29, 1.82) is 0 Å². The van der Waals surface area contributed by atoms with Gasteiger partial charge in [0.1, 0.15) is 5.75 Å². The van der Waals surface area contributed by atoms with E-state index in [1.165, 1.54) is 7.11 Å². The fourth-order valence-electron chi connectivity index (χ4n) is 1.78. The number of methoxy groups -OCH3 is 1. The lowest BCUT2D eigenvalue weighted by molar-refractivity contribution is 0.251. The molecule has 1 aromatic heterocycles. The van der Waals surface area contributed by atoms with Crippen LogP contribution >= 0.6 is 11.6 Å². The van der Waals surface area contributed by atoms with Crippen LogP contribution in [0.25, 0.3) is 0 Å². The van der Waals surface area contributed by atoms with E-state index < -0.39 is 0 Å². The van der Waals surface area contributed by atoms with E-state index in [0.29, 0.717) is 23.0 Å². The van der Waals surface area contributed by atoms with E-state index in [-0.39, 0.29) is 6.03 Å². The van der Waals surface area contributed by atoms with E-state index in [1.807, 2.05) is 19.1 Å². The van der Waals surface area contributed by atoms with Gasteiger partial charge in [-0.05, 0) is 30.7 Å². The Hall–Kier alpha value is -2.27. The van der Waals surface area contributed by atoms with E-state index >= 15 is 0 Å². The number of aryl methyl sites for hydroxylation is 1. The lowest BCUT2D eigenvalue weighted by atomic mass is 10.2. The third kappa shape index (κ3) is 4.10. The number of hydrogen-bond acceptors (Lipinski definition) is 3. The highest BCUT2D eigenvalue weighted by Crippen LogP contribution is 2.27. The number of anilines is 1. The summed E-state index contributed by atoms with van der Waals surface area (Å²) in [5.74, 6) is 0.509. The van der Waals surface area contributed by atoms with Gasteiger partial charge in [0.25, 0.3) is 0 Å². The second-order valence-electron chi connectivity index (χ2n) is 4.42. The van der Waals surface area contributed by atoms with Crippen LogP contribution in [0.3, 0.4) is 0 Å². The quantitative estimate of drug-likeness (QED) is 0.910. The SMILES string of the molecule is COc1cc(NC(=O)NCc2ncccc2C)ccc1Cl. The number of ether oxygens (including phenoxy) is 1. The van der Waals surface area contributed by atoms with Crippen LogP contribution in [0.1, 0.15) is 11.3 Å². The van der Waals surface area contributed by atoms with Crippen molar-refractivity contribution in [1.82, 2.24) is 10.3 Å². The van der Waals surface area contributed by atoms with Crippen molar-refractivity contribution in [2.24, 2.45) is 0 Å². The summed E-state index contributed by atoms with van der Waals surface area (Å²) >= 11 is 5.93. The second kappa shape index (κ2) is 6.95. The van der Waals surface area contributed by atoms with E-state index in [9.17, 15) is 4.79 Å². The maximum Gasteiger partial charge on any atom is 0.319 e. The van der Waals surface area contributed by atoms with Gasteiger partial charge in [-0.15, -0.1) is 0 Å². The normalized spacial score (nSPS) is 10.0. The Morgan fingerprint density at radius 3 is 2.90 bits per heavy atom. The standard InChI is InChI=1S/C15H16ClN3O2/c1-10-4-3-7-17-13(10)9-18-15(20)19-11-5-6-12(16)14(8-11)21-2/h3-8H,9H2,1-2H3,(H2,18,19,20). The van der Waals surface area contributed by atoms with Crippen molar-refractivity contribution < 1.29 is 9.53 Å². The first-order valence-corrected chi connectivity index (χ1v) is 6.77. The summed E-state index contributed by atoms with van der Waals surface area (Å²) in [7, 11) is 1.52. The smallest absolute Gasteiger partial charge is 0.319 e. The van der Waals surface area contributed by atoms with Crippen molar-refractivity contribution in [3.05, 3.63) is 52.8 Å². The van der Waals surface area contributed by atoms with Crippen molar-refractivity contribution in [3.8, 4) is 5.75 Å². The summed E-state index contributed by atoms with van der Waals surface area (Å²) in [6.45, 7) is 2.31. The van der Waals surface area contributed by atoms with Crippen LogP contribution in [-0.2, 0) is 6.54 Å². The molecule has 110 valence electrons. The summed E-state index contributed by atoms with van der Waals surface area (Å²) in [6, 6.07) is 8.53. The number of hydrogen-bond donors (Lipinski definition) is 2. The largest absolute Gasteiger partial charge is 0.495 e. The molecule has 2 amide bonds. The van der Waals surface area contributed by atoms with Crippen LogP contribution < -0.4 is 15.4 Å². The van der Waals surface area contributed by atoms with Gasteiger partial charge in [-0.25, -0.2) is 4.79 Å². The Morgan fingerprint density at radius 1 is 1.38 bits per heavy atom. The highest BCUT2D eigenvalue weighted by Gasteiger charge is 2.06. The van der Waals surface area contributed by atoms with Crippen LogP contribution in [-0.4, -0.2) is 18.1 Å². The molecular formula is C15H16ClN3O2. The highest BCUT2D eigenvalue weighted by molar-refractivity contribution is 6.32. The predicted octanol–water partition coefficient (Wildman–Crippen LogP) is 3.37. The lowest BCUT2D eigenvalue weighted by Crippen LogP contribution is -2.28. The molecule has 1 heterocycles. The van der Waals surface area contributed by atoms with Crippen LogP contribution in [0.2, 0.25) is 5.02 Å². The first-order valence-electron chi connectivity index (χ1n) is 6.39. The number of benzene rings is 1. The summed E-state index contributed by atoms with van der Waals surface area (Å²) < 4.78 is 5.10. The predicted molar refractivity (Wildman–Crippen MR) is 82.8 cm³/mol. The second-order valence-corrected chi connectivity index (χ2v) is 4.83. The average Bonchev–Trinajstić information content (AvgIpc) is 2.48. The summed E-state index contributed by atoms with van der Waals surface area (Å²) in [5, 5.41) is 5.96. The van der Waals surface area contributed by atoms with Gasteiger partial charge in [-0.2, -0.15) is 0 Å². The minimum atomic E-state index is -0.315. The number of rotatable bonds is 4. The van der Waals surface area contributed by atoms with Gasteiger partial charge >= 0.3 is 6.03 Å². The number of carbonyl (C=O) groups excluding carboxylic acids is 1. The fraction of sp³-hybridized carbons (Fsp3) is 0.200. The number of amides is 2. The zero-order valence-electron chi connectivity index (χ0n) is 11.8. The summed E-state index contributed by atoms with van der Waals surface area (Å²) in [4.78, 5) is 16.1. The third-order valence-electron chi connectivity index (χ3n) is 2.94. The van der Waals surface area contributed by atoms with Crippen molar-refractivity contribution in [2.75, 3.05) is 12.4 Å². The van der Waals surface area contributed by atoms with Gasteiger partial charge in [0.05, 0.1) is 24.4 Å². The molecule has 1 aromatic carbocycles. The van der Waals surface area contributed by atoms with Gasteiger partial charge in [0.15, 0.2) is 0 Å². The Bertz CT molecular complexity index is 647. The number of carbonyl (C=O) groups is 1. The fourth-order valence-corrected chi connectivity index (χ4v) is 1.97. The molecule has 0 radical (unpaired) electrons. The minimum Gasteiger partial charge on any atom is -0.495 e.